The number of likely N-dealkylation sites (N-methyl/N-ethyl adjacent to an activating group) is 1. The highest BCUT2D eigenvalue weighted by molar-refractivity contribution is 7.91. The number of aromatic nitrogens is 2. The van der Waals surface area contributed by atoms with Crippen molar-refractivity contribution >= 4 is 37.7 Å². The molecule has 1 aliphatic rings. The number of carbonyl (C=O) groups excluding carboxylic acids is 1. The summed E-state index contributed by atoms with van der Waals surface area (Å²) in [5.74, 6) is 0.0143. The smallest absolute Gasteiger partial charge is 0.254 e. The Hall–Kier alpha value is -3.23. The van der Waals surface area contributed by atoms with Crippen LogP contribution in [0.1, 0.15) is 29.3 Å². The zero-order valence-electron chi connectivity index (χ0n) is 20.5. The van der Waals surface area contributed by atoms with Gasteiger partial charge in [0.2, 0.25) is 0 Å². The Kier molecular flexibility index (Phi) is 5.89. The molecular formula is C27H30N4O3S. The van der Waals surface area contributed by atoms with E-state index >= 15 is 0 Å². The summed E-state index contributed by atoms with van der Waals surface area (Å²) >= 11 is 0. The average Bonchev–Trinajstić information content (AvgIpc) is 3.48. The minimum Gasteiger partial charge on any atom is -0.339 e. The summed E-state index contributed by atoms with van der Waals surface area (Å²) in [4.78, 5) is 25.8. The Morgan fingerprint density at radius 1 is 1.20 bits per heavy atom. The fourth-order valence-electron chi connectivity index (χ4n) is 4.92. The average molecular weight is 491 g/mol. The van der Waals surface area contributed by atoms with Gasteiger partial charge in [-0.3, -0.25) is 4.79 Å². The van der Waals surface area contributed by atoms with Crippen molar-refractivity contribution in [2.45, 2.75) is 31.2 Å². The summed E-state index contributed by atoms with van der Waals surface area (Å²) in [5, 5.41) is 1.89. The lowest BCUT2D eigenvalue weighted by Gasteiger charge is -2.21. The SMILES string of the molecule is CCS(=O)(=O)c1cccc(-c2cc(C(=O)N3CCC(N(C)C)C3)cc3[nH]c4ncc(C)cc4c23)c1. The maximum absolute atomic E-state index is 13.6. The number of aryl methyl sites for hydroxylation is 1. The van der Waals surface area contributed by atoms with Gasteiger partial charge in [0, 0.05) is 47.2 Å². The molecular weight excluding hydrogens is 460 g/mol. The van der Waals surface area contributed by atoms with E-state index in [2.05, 4.69) is 20.9 Å². The number of likely N-dealkylation sites (tertiary alicyclic amines) is 1. The molecule has 3 heterocycles. The van der Waals surface area contributed by atoms with Gasteiger partial charge in [-0.25, -0.2) is 13.4 Å². The van der Waals surface area contributed by atoms with E-state index in [0.29, 0.717) is 24.7 Å². The van der Waals surface area contributed by atoms with E-state index in [0.717, 1.165) is 45.0 Å². The molecule has 8 heteroatoms. The number of sulfone groups is 1. The molecule has 5 rings (SSSR count). The fraction of sp³-hybridized carbons (Fsp3) is 0.333. The summed E-state index contributed by atoms with van der Waals surface area (Å²) in [5.41, 5.74) is 4.74. The van der Waals surface area contributed by atoms with Crippen molar-refractivity contribution in [3.05, 3.63) is 59.8 Å². The third-order valence-electron chi connectivity index (χ3n) is 7.00. The lowest BCUT2D eigenvalue weighted by molar-refractivity contribution is 0.0783. The van der Waals surface area contributed by atoms with Gasteiger partial charge in [-0.05, 0) is 74.5 Å². The van der Waals surface area contributed by atoms with Crippen LogP contribution in [0, 0.1) is 6.92 Å². The molecule has 1 aliphatic heterocycles. The molecule has 0 radical (unpaired) electrons. The third-order valence-corrected chi connectivity index (χ3v) is 8.73. The lowest BCUT2D eigenvalue weighted by Crippen LogP contribution is -2.34. The van der Waals surface area contributed by atoms with E-state index in [1.54, 1.807) is 25.1 Å². The van der Waals surface area contributed by atoms with Crippen LogP contribution in [-0.4, -0.2) is 73.1 Å². The number of carbonyl (C=O) groups is 1. The predicted octanol–water partition coefficient (Wildman–Crippen LogP) is 4.26. The number of nitrogens with one attached hydrogen (secondary N) is 1. The summed E-state index contributed by atoms with van der Waals surface area (Å²) in [6.07, 6.45) is 2.75. The van der Waals surface area contributed by atoms with Gasteiger partial charge >= 0.3 is 0 Å². The summed E-state index contributed by atoms with van der Waals surface area (Å²) in [6, 6.07) is 13.2. The Labute approximate surface area is 205 Å². The summed E-state index contributed by atoms with van der Waals surface area (Å²) in [7, 11) is 0.711. The van der Waals surface area contributed by atoms with Gasteiger partial charge in [0.25, 0.3) is 5.91 Å². The molecule has 0 spiro atoms. The van der Waals surface area contributed by atoms with Crippen LogP contribution in [0.15, 0.2) is 53.6 Å². The molecule has 0 aliphatic carbocycles. The van der Waals surface area contributed by atoms with Gasteiger partial charge in [-0.1, -0.05) is 19.1 Å². The molecule has 0 bridgehead atoms. The first-order chi connectivity index (χ1) is 16.7. The third kappa shape index (κ3) is 4.21. The van der Waals surface area contributed by atoms with Crippen molar-refractivity contribution in [3.8, 4) is 11.1 Å². The molecule has 2 aromatic carbocycles. The number of amides is 1. The number of nitrogens with zero attached hydrogens (tertiary/aromatic N) is 3. The van der Waals surface area contributed by atoms with Gasteiger partial charge < -0.3 is 14.8 Å². The second-order valence-corrected chi connectivity index (χ2v) is 11.8. The number of aromatic amines is 1. The molecule has 4 aromatic rings. The van der Waals surface area contributed by atoms with Gasteiger partial charge in [0.1, 0.15) is 5.65 Å². The van der Waals surface area contributed by atoms with Crippen molar-refractivity contribution < 1.29 is 13.2 Å². The number of rotatable bonds is 5. The van der Waals surface area contributed by atoms with Crippen LogP contribution in [-0.2, 0) is 9.84 Å². The number of hydrogen-bond acceptors (Lipinski definition) is 5. The molecule has 1 saturated heterocycles. The molecule has 1 fully saturated rings. The second-order valence-electron chi connectivity index (χ2n) is 9.57. The van der Waals surface area contributed by atoms with Crippen molar-refractivity contribution in [3.63, 3.8) is 0 Å². The molecule has 1 atom stereocenters. The Morgan fingerprint density at radius 2 is 2.00 bits per heavy atom. The summed E-state index contributed by atoms with van der Waals surface area (Å²) in [6.45, 7) is 5.04. The van der Waals surface area contributed by atoms with E-state index in [-0.39, 0.29) is 16.6 Å². The maximum atomic E-state index is 13.6. The number of hydrogen-bond donors (Lipinski definition) is 1. The number of benzene rings is 2. The Bertz CT molecular complexity index is 1560. The van der Waals surface area contributed by atoms with E-state index in [1.165, 1.54) is 0 Å². The largest absolute Gasteiger partial charge is 0.339 e. The second kappa shape index (κ2) is 8.77. The Balaban J connectivity index is 1.71. The zero-order chi connectivity index (χ0) is 24.9. The summed E-state index contributed by atoms with van der Waals surface area (Å²) < 4.78 is 25.2. The number of fused-ring (bicyclic) bond motifs is 3. The Morgan fingerprint density at radius 3 is 2.71 bits per heavy atom. The molecule has 1 amide bonds. The fourth-order valence-corrected chi connectivity index (χ4v) is 5.85. The molecule has 1 N–H and O–H groups in total. The molecule has 0 saturated carbocycles. The number of H-pyrrole nitrogens is 1. The van der Waals surface area contributed by atoms with E-state index in [9.17, 15) is 13.2 Å². The molecule has 35 heavy (non-hydrogen) atoms. The lowest BCUT2D eigenvalue weighted by atomic mass is 9.96. The van der Waals surface area contributed by atoms with E-state index in [1.807, 2.05) is 50.3 Å². The highest BCUT2D eigenvalue weighted by Gasteiger charge is 2.29. The molecule has 1 unspecified atom stereocenters. The van der Waals surface area contributed by atoms with Crippen LogP contribution in [0.3, 0.4) is 0 Å². The first-order valence-electron chi connectivity index (χ1n) is 11.9. The van der Waals surface area contributed by atoms with Crippen molar-refractivity contribution in [2.24, 2.45) is 0 Å². The van der Waals surface area contributed by atoms with Gasteiger partial charge in [0.15, 0.2) is 9.84 Å². The van der Waals surface area contributed by atoms with E-state index < -0.39 is 9.84 Å². The van der Waals surface area contributed by atoms with Crippen molar-refractivity contribution in [2.75, 3.05) is 32.9 Å². The topological polar surface area (TPSA) is 86.4 Å². The van der Waals surface area contributed by atoms with Crippen LogP contribution in [0.5, 0.6) is 0 Å². The normalized spacial score (nSPS) is 16.6. The predicted molar refractivity (Wildman–Crippen MR) is 139 cm³/mol. The quantitative estimate of drug-likeness (QED) is 0.452. The monoisotopic (exact) mass is 490 g/mol. The minimum absolute atomic E-state index is 0.0161. The standard InChI is InChI=1S/C27H30N4O3S/c1-5-35(33,34)21-8-6-7-18(12-21)22-13-19(27(32)31-10-9-20(16-31)30(3)4)14-24-25(22)23-11-17(2)15-28-26(23)29-24/h6-8,11-15,20H,5,9-10,16H2,1-4H3,(H,28,29). The molecule has 182 valence electrons. The first-order valence-corrected chi connectivity index (χ1v) is 13.5. The van der Waals surface area contributed by atoms with Crippen LogP contribution in [0.4, 0.5) is 0 Å². The van der Waals surface area contributed by atoms with Crippen molar-refractivity contribution in [1.82, 2.24) is 19.8 Å². The van der Waals surface area contributed by atoms with Gasteiger partial charge in [-0.15, -0.1) is 0 Å². The van der Waals surface area contributed by atoms with Gasteiger partial charge in [-0.2, -0.15) is 0 Å². The molecule has 2 aromatic heterocycles. The van der Waals surface area contributed by atoms with Gasteiger partial charge in [0.05, 0.1) is 10.6 Å². The zero-order valence-corrected chi connectivity index (χ0v) is 21.3. The van der Waals surface area contributed by atoms with E-state index in [4.69, 9.17) is 0 Å². The van der Waals surface area contributed by atoms with Crippen LogP contribution in [0.2, 0.25) is 0 Å². The molecule has 7 nitrogen and oxygen atoms in total. The first kappa shape index (κ1) is 23.5. The van der Waals surface area contributed by atoms with Crippen LogP contribution >= 0.6 is 0 Å². The highest BCUT2D eigenvalue weighted by Crippen LogP contribution is 2.37. The maximum Gasteiger partial charge on any atom is 0.254 e. The highest BCUT2D eigenvalue weighted by atomic mass is 32.2. The van der Waals surface area contributed by atoms with Crippen LogP contribution < -0.4 is 0 Å². The van der Waals surface area contributed by atoms with Crippen molar-refractivity contribution in [1.29, 1.82) is 0 Å². The number of pyridine rings is 1. The minimum atomic E-state index is -3.37. The van der Waals surface area contributed by atoms with Crippen LogP contribution in [0.25, 0.3) is 33.1 Å².